The van der Waals surface area contributed by atoms with Crippen LogP contribution in [0.1, 0.15) is 87.4 Å². The number of carbonyl (C=O) groups is 4. The predicted octanol–water partition coefficient (Wildman–Crippen LogP) is 10.7. The molecule has 1 fully saturated rings. The fourth-order valence-corrected chi connectivity index (χ4v) is 6.90. The molecule has 0 amide bonds. The zero-order valence-electron chi connectivity index (χ0n) is 30.5. The SMILES string of the molecule is CCCCCC[C@@H](C)O[C@@H]1O[C@H](COC(=O)c2ccc(Br)cc2)[C@H](OC(=O)c2ccc(Br)cc2)[C@H](OC(=O)c2ccc(Br)cc2)[C@H]1OC(=O)c1ccc(Br)cc1. The molecule has 0 unspecified atom stereocenters. The topological polar surface area (TPSA) is 124 Å². The highest BCUT2D eigenvalue weighted by atomic mass is 79.9. The first kappa shape index (κ1) is 43.7. The van der Waals surface area contributed by atoms with Crippen molar-refractivity contribution in [3.63, 3.8) is 0 Å². The molecule has 4 aromatic rings. The van der Waals surface area contributed by atoms with Crippen LogP contribution < -0.4 is 0 Å². The highest BCUT2D eigenvalue weighted by Crippen LogP contribution is 2.33. The second-order valence-electron chi connectivity index (χ2n) is 13.1. The molecule has 0 spiro atoms. The Hall–Kier alpha value is -3.40. The lowest BCUT2D eigenvalue weighted by molar-refractivity contribution is -0.307. The van der Waals surface area contributed by atoms with Gasteiger partial charge in [-0.05, 0) is 110 Å². The summed E-state index contributed by atoms with van der Waals surface area (Å²) in [5.74, 6) is -3.02. The van der Waals surface area contributed by atoms with E-state index in [0.717, 1.165) is 43.6 Å². The standard InChI is InChI=1S/C42H40Br4O10/c1-3-4-5-6-7-25(2)52-42-37(56-41(50)29-14-22-33(46)23-15-29)36(55-40(49)28-12-20-32(45)21-13-28)35(54-39(48)27-10-18-31(44)19-11-27)34(53-42)24-51-38(47)26-8-16-30(43)17-9-26/h8-23,25,34-37,42H,3-7,24H2,1-2H3/t25-,34-,35+,36+,37-,42-/m1/s1. The smallest absolute Gasteiger partial charge is 0.338 e. The molecule has 14 heteroatoms. The van der Waals surface area contributed by atoms with Gasteiger partial charge in [0.25, 0.3) is 0 Å². The van der Waals surface area contributed by atoms with Crippen LogP contribution >= 0.6 is 63.7 Å². The van der Waals surface area contributed by atoms with Crippen molar-refractivity contribution >= 4 is 87.6 Å². The first-order chi connectivity index (χ1) is 26.9. The molecule has 0 radical (unpaired) electrons. The number of rotatable bonds is 16. The zero-order valence-corrected chi connectivity index (χ0v) is 36.9. The van der Waals surface area contributed by atoms with Crippen LogP contribution in [0.25, 0.3) is 0 Å². The van der Waals surface area contributed by atoms with Crippen molar-refractivity contribution in [2.75, 3.05) is 6.61 Å². The number of benzene rings is 4. The number of esters is 4. The van der Waals surface area contributed by atoms with Crippen molar-refractivity contribution < 1.29 is 47.6 Å². The summed E-state index contributed by atoms with van der Waals surface area (Å²) in [5, 5.41) is 0. The van der Waals surface area contributed by atoms with Crippen LogP contribution in [0.3, 0.4) is 0 Å². The van der Waals surface area contributed by atoms with Crippen molar-refractivity contribution in [3.05, 3.63) is 137 Å². The largest absolute Gasteiger partial charge is 0.459 e. The Labute approximate surface area is 359 Å². The maximum Gasteiger partial charge on any atom is 0.338 e. The summed E-state index contributed by atoms with van der Waals surface area (Å²) < 4.78 is 40.1. The molecule has 5 rings (SSSR count). The van der Waals surface area contributed by atoms with Crippen molar-refractivity contribution in [2.45, 2.75) is 82.8 Å². The summed E-state index contributed by atoms with van der Waals surface area (Å²) in [4.78, 5) is 54.8. The molecular formula is C42H40Br4O10. The summed E-state index contributed by atoms with van der Waals surface area (Å²) in [5.41, 5.74) is 0.821. The Morgan fingerprint density at radius 2 is 0.946 bits per heavy atom. The third kappa shape index (κ3) is 12.5. The molecular weight excluding hydrogens is 984 g/mol. The fraction of sp³-hybridized carbons (Fsp3) is 0.333. The van der Waals surface area contributed by atoms with Crippen LogP contribution in [-0.4, -0.2) is 67.3 Å². The van der Waals surface area contributed by atoms with E-state index in [4.69, 9.17) is 28.4 Å². The Kier molecular flexibility index (Phi) is 16.7. The maximum absolute atomic E-state index is 13.9. The van der Waals surface area contributed by atoms with Crippen LogP contribution in [0.2, 0.25) is 0 Å². The van der Waals surface area contributed by atoms with Gasteiger partial charge in [0.2, 0.25) is 0 Å². The number of halogens is 4. The molecule has 1 aliphatic rings. The summed E-state index contributed by atoms with van der Waals surface area (Å²) in [7, 11) is 0. The number of carbonyl (C=O) groups excluding carboxylic acids is 4. The van der Waals surface area contributed by atoms with Crippen molar-refractivity contribution in [2.24, 2.45) is 0 Å². The molecule has 0 saturated carbocycles. The molecule has 0 aromatic heterocycles. The monoisotopic (exact) mass is 1020 g/mol. The molecule has 0 aliphatic carbocycles. The zero-order chi connectivity index (χ0) is 40.2. The quantitative estimate of drug-likeness (QED) is 0.0609. The van der Waals surface area contributed by atoms with E-state index in [1.165, 1.54) is 0 Å². The number of ether oxygens (including phenoxy) is 6. The summed E-state index contributed by atoms with van der Waals surface area (Å²) in [6.45, 7) is 3.55. The molecule has 4 aromatic carbocycles. The van der Waals surface area contributed by atoms with E-state index in [2.05, 4.69) is 70.6 Å². The Bertz CT molecular complexity index is 1920. The van der Waals surface area contributed by atoms with Gasteiger partial charge in [0.15, 0.2) is 24.6 Å². The molecule has 1 aliphatic heterocycles. The van der Waals surface area contributed by atoms with Crippen molar-refractivity contribution in [3.8, 4) is 0 Å². The van der Waals surface area contributed by atoms with E-state index in [-0.39, 0.29) is 22.3 Å². The Balaban J connectivity index is 1.56. The third-order valence-corrected chi connectivity index (χ3v) is 11.0. The minimum absolute atomic E-state index is 0.177. The number of hydrogen-bond donors (Lipinski definition) is 0. The summed E-state index contributed by atoms with van der Waals surface area (Å²) >= 11 is 13.5. The second-order valence-corrected chi connectivity index (χ2v) is 16.7. The van der Waals surface area contributed by atoms with E-state index in [1.54, 1.807) is 97.1 Å². The lowest BCUT2D eigenvalue weighted by Crippen LogP contribution is -2.63. The second kappa shape index (κ2) is 21.4. The van der Waals surface area contributed by atoms with Crippen LogP contribution in [0, 0.1) is 0 Å². The number of unbranched alkanes of at least 4 members (excludes halogenated alkanes) is 3. The Morgan fingerprint density at radius 1 is 0.554 bits per heavy atom. The van der Waals surface area contributed by atoms with Crippen molar-refractivity contribution in [1.29, 1.82) is 0 Å². The van der Waals surface area contributed by atoms with Crippen molar-refractivity contribution in [1.82, 2.24) is 0 Å². The lowest BCUT2D eigenvalue weighted by Gasteiger charge is -2.45. The molecule has 296 valence electrons. The molecule has 1 saturated heterocycles. The van der Waals surface area contributed by atoms with Gasteiger partial charge in [-0.3, -0.25) is 0 Å². The normalized spacial score (nSPS) is 19.7. The minimum atomic E-state index is -1.51. The highest BCUT2D eigenvalue weighted by molar-refractivity contribution is 9.11. The first-order valence-electron chi connectivity index (χ1n) is 18.0. The van der Waals surface area contributed by atoms with E-state index in [0.29, 0.717) is 6.42 Å². The molecule has 56 heavy (non-hydrogen) atoms. The fourth-order valence-electron chi connectivity index (χ4n) is 5.84. The highest BCUT2D eigenvalue weighted by Gasteiger charge is 2.54. The van der Waals surface area contributed by atoms with E-state index >= 15 is 0 Å². The summed E-state index contributed by atoms with van der Waals surface area (Å²) in [6, 6.07) is 26.0. The van der Waals surface area contributed by atoms with E-state index < -0.39 is 67.3 Å². The van der Waals surface area contributed by atoms with Gasteiger partial charge in [-0.25, -0.2) is 19.2 Å². The van der Waals surface area contributed by atoms with Crippen LogP contribution in [-0.2, 0) is 28.4 Å². The van der Waals surface area contributed by atoms with Crippen LogP contribution in [0.5, 0.6) is 0 Å². The molecule has 0 N–H and O–H groups in total. The van der Waals surface area contributed by atoms with Gasteiger partial charge in [0, 0.05) is 17.9 Å². The van der Waals surface area contributed by atoms with E-state index in [9.17, 15) is 19.2 Å². The van der Waals surface area contributed by atoms with Gasteiger partial charge in [-0.1, -0.05) is 96.3 Å². The molecule has 6 atom stereocenters. The predicted molar refractivity (Wildman–Crippen MR) is 222 cm³/mol. The lowest BCUT2D eigenvalue weighted by atomic mass is 9.97. The van der Waals surface area contributed by atoms with Gasteiger partial charge in [-0.2, -0.15) is 0 Å². The minimum Gasteiger partial charge on any atom is -0.459 e. The summed E-state index contributed by atoms with van der Waals surface area (Å²) in [6.07, 6.45) is -2.80. The average Bonchev–Trinajstić information content (AvgIpc) is 3.18. The van der Waals surface area contributed by atoms with Gasteiger partial charge >= 0.3 is 23.9 Å². The van der Waals surface area contributed by atoms with Gasteiger partial charge in [0.05, 0.1) is 28.4 Å². The van der Waals surface area contributed by atoms with Crippen LogP contribution in [0.15, 0.2) is 115 Å². The third-order valence-electron chi connectivity index (χ3n) is 8.85. The first-order valence-corrected chi connectivity index (χ1v) is 21.2. The molecule has 10 nitrogen and oxygen atoms in total. The van der Waals surface area contributed by atoms with Gasteiger partial charge in [-0.15, -0.1) is 0 Å². The number of hydrogen-bond acceptors (Lipinski definition) is 10. The average molecular weight is 1020 g/mol. The van der Waals surface area contributed by atoms with Gasteiger partial charge < -0.3 is 28.4 Å². The molecule has 1 heterocycles. The van der Waals surface area contributed by atoms with Crippen LogP contribution in [0.4, 0.5) is 0 Å². The molecule has 0 bridgehead atoms. The van der Waals surface area contributed by atoms with E-state index in [1.807, 2.05) is 6.92 Å². The maximum atomic E-state index is 13.9. The van der Waals surface area contributed by atoms with Gasteiger partial charge in [0.1, 0.15) is 12.7 Å². The Morgan fingerprint density at radius 3 is 1.38 bits per heavy atom.